The molecule has 2 aromatic carbocycles. The number of carbonyl (C=O) groups excluding carboxylic acids is 2. The number of benzene rings is 2. The van der Waals surface area contributed by atoms with Crippen molar-refractivity contribution in [3.8, 4) is 0 Å². The molecule has 0 spiro atoms. The van der Waals surface area contributed by atoms with Gasteiger partial charge in [-0.3, -0.25) is 4.79 Å². The molecular formula is C21H24N2O3. The molecule has 1 amide bonds. The van der Waals surface area contributed by atoms with Gasteiger partial charge in [-0.2, -0.15) is 0 Å². The summed E-state index contributed by atoms with van der Waals surface area (Å²) in [6.45, 7) is 0.745. The van der Waals surface area contributed by atoms with Crippen LogP contribution in [-0.4, -0.2) is 32.1 Å². The number of methoxy groups -OCH3 is 1. The maximum absolute atomic E-state index is 12.3. The predicted molar refractivity (Wildman–Crippen MR) is 101 cm³/mol. The first kappa shape index (κ1) is 18.0. The number of hydrogen-bond acceptors (Lipinski definition) is 4. The molecule has 1 fully saturated rings. The van der Waals surface area contributed by atoms with Gasteiger partial charge in [-0.05, 0) is 30.5 Å². The lowest BCUT2D eigenvalue weighted by Gasteiger charge is -2.42. The Morgan fingerprint density at radius 3 is 2.38 bits per heavy atom. The fraction of sp³-hybridized carbons (Fsp3) is 0.333. The smallest absolute Gasteiger partial charge is 0.339 e. The number of para-hydroxylation sites is 1. The molecule has 5 nitrogen and oxygen atoms in total. The molecule has 26 heavy (non-hydrogen) atoms. The molecule has 2 aromatic rings. The van der Waals surface area contributed by atoms with Crippen molar-refractivity contribution < 1.29 is 14.3 Å². The summed E-state index contributed by atoms with van der Waals surface area (Å²) in [4.78, 5) is 24.1. The lowest BCUT2D eigenvalue weighted by atomic mass is 9.64. The Morgan fingerprint density at radius 1 is 1.04 bits per heavy atom. The summed E-state index contributed by atoms with van der Waals surface area (Å²) in [5.41, 5.74) is 2.36. The van der Waals surface area contributed by atoms with E-state index in [1.54, 1.807) is 18.2 Å². The average Bonchev–Trinajstić information content (AvgIpc) is 2.66. The van der Waals surface area contributed by atoms with E-state index in [9.17, 15) is 9.59 Å². The Hall–Kier alpha value is -2.82. The minimum Gasteiger partial charge on any atom is -0.465 e. The maximum Gasteiger partial charge on any atom is 0.339 e. The van der Waals surface area contributed by atoms with E-state index in [0.717, 1.165) is 12.8 Å². The normalized spacial score (nSPS) is 14.8. The van der Waals surface area contributed by atoms with E-state index >= 15 is 0 Å². The lowest BCUT2D eigenvalue weighted by Crippen LogP contribution is -2.46. The highest BCUT2D eigenvalue weighted by atomic mass is 16.5. The number of amides is 1. The third-order valence-electron chi connectivity index (χ3n) is 5.09. The van der Waals surface area contributed by atoms with Crippen molar-refractivity contribution in [2.75, 3.05) is 25.5 Å². The van der Waals surface area contributed by atoms with E-state index in [-0.39, 0.29) is 17.9 Å². The zero-order valence-electron chi connectivity index (χ0n) is 15.0. The predicted octanol–water partition coefficient (Wildman–Crippen LogP) is 3.12. The van der Waals surface area contributed by atoms with Gasteiger partial charge >= 0.3 is 5.97 Å². The van der Waals surface area contributed by atoms with E-state index in [2.05, 4.69) is 22.8 Å². The standard InChI is InChI=1S/C21H24N2O3/c1-26-20(25)17-10-5-6-11-18(17)22-14-19(24)23-15-21(12-7-13-21)16-8-3-2-4-9-16/h2-6,8-11,22H,7,12-15H2,1H3,(H,23,24). The molecule has 0 bridgehead atoms. The van der Waals surface area contributed by atoms with E-state index in [0.29, 0.717) is 17.8 Å². The highest BCUT2D eigenvalue weighted by Gasteiger charge is 2.38. The molecule has 1 saturated carbocycles. The fourth-order valence-electron chi connectivity index (χ4n) is 3.39. The Bertz CT molecular complexity index is 770. The highest BCUT2D eigenvalue weighted by Crippen LogP contribution is 2.43. The second-order valence-corrected chi connectivity index (χ2v) is 6.67. The third-order valence-corrected chi connectivity index (χ3v) is 5.09. The monoisotopic (exact) mass is 352 g/mol. The fourth-order valence-corrected chi connectivity index (χ4v) is 3.39. The van der Waals surface area contributed by atoms with Crippen molar-refractivity contribution in [1.82, 2.24) is 5.32 Å². The summed E-state index contributed by atoms with van der Waals surface area (Å²) in [7, 11) is 1.34. The molecular weight excluding hydrogens is 328 g/mol. The van der Waals surface area contributed by atoms with E-state index < -0.39 is 5.97 Å². The van der Waals surface area contributed by atoms with Gasteiger partial charge < -0.3 is 15.4 Å². The Balaban J connectivity index is 1.56. The molecule has 0 heterocycles. The van der Waals surface area contributed by atoms with Gasteiger partial charge in [-0.15, -0.1) is 0 Å². The number of ether oxygens (including phenoxy) is 1. The maximum atomic E-state index is 12.3. The van der Waals surface area contributed by atoms with Crippen molar-refractivity contribution in [3.05, 3.63) is 65.7 Å². The minimum absolute atomic E-state index is 0.0564. The van der Waals surface area contributed by atoms with Crippen LogP contribution in [0.15, 0.2) is 54.6 Å². The summed E-state index contributed by atoms with van der Waals surface area (Å²) in [5.74, 6) is -0.516. The Morgan fingerprint density at radius 2 is 1.73 bits per heavy atom. The molecule has 1 aliphatic rings. The quantitative estimate of drug-likeness (QED) is 0.752. The van der Waals surface area contributed by atoms with Crippen LogP contribution in [0.1, 0.15) is 35.2 Å². The largest absolute Gasteiger partial charge is 0.465 e. The Kier molecular flexibility index (Phi) is 5.56. The topological polar surface area (TPSA) is 67.4 Å². The van der Waals surface area contributed by atoms with E-state index in [1.807, 2.05) is 24.3 Å². The van der Waals surface area contributed by atoms with E-state index in [4.69, 9.17) is 4.74 Å². The molecule has 0 unspecified atom stereocenters. The average molecular weight is 352 g/mol. The van der Waals surface area contributed by atoms with Gasteiger partial charge in [0.15, 0.2) is 0 Å². The van der Waals surface area contributed by atoms with Crippen molar-refractivity contribution in [1.29, 1.82) is 0 Å². The van der Waals surface area contributed by atoms with Crippen molar-refractivity contribution >= 4 is 17.6 Å². The number of rotatable bonds is 7. The van der Waals surface area contributed by atoms with Gasteiger partial charge in [0, 0.05) is 17.6 Å². The van der Waals surface area contributed by atoms with Crippen LogP contribution in [0.4, 0.5) is 5.69 Å². The number of esters is 1. The van der Waals surface area contributed by atoms with Crippen LogP contribution in [0.5, 0.6) is 0 Å². The van der Waals surface area contributed by atoms with E-state index in [1.165, 1.54) is 19.1 Å². The summed E-state index contributed by atoms with van der Waals surface area (Å²) in [6.07, 6.45) is 3.38. The molecule has 0 radical (unpaired) electrons. The first-order valence-electron chi connectivity index (χ1n) is 8.88. The van der Waals surface area contributed by atoms with Crippen LogP contribution in [0, 0.1) is 0 Å². The SMILES string of the molecule is COC(=O)c1ccccc1NCC(=O)NCC1(c2ccccc2)CCC1. The van der Waals surface area contributed by atoms with Crippen molar-refractivity contribution in [2.45, 2.75) is 24.7 Å². The lowest BCUT2D eigenvalue weighted by molar-refractivity contribution is -0.119. The van der Waals surface area contributed by atoms with Crippen LogP contribution < -0.4 is 10.6 Å². The third kappa shape index (κ3) is 3.87. The Labute approximate surface area is 153 Å². The van der Waals surface area contributed by atoms with Gasteiger partial charge in [0.25, 0.3) is 0 Å². The number of carbonyl (C=O) groups is 2. The van der Waals surface area contributed by atoms with Crippen LogP contribution in [0.3, 0.4) is 0 Å². The molecule has 0 aliphatic heterocycles. The summed E-state index contributed by atoms with van der Waals surface area (Å²) in [5, 5.41) is 6.07. The zero-order chi connectivity index (χ0) is 18.4. The van der Waals surface area contributed by atoms with Gasteiger partial charge in [0.2, 0.25) is 5.91 Å². The zero-order valence-corrected chi connectivity index (χ0v) is 15.0. The van der Waals surface area contributed by atoms with Crippen LogP contribution in [0.25, 0.3) is 0 Å². The molecule has 1 aliphatic carbocycles. The second kappa shape index (κ2) is 8.04. The van der Waals surface area contributed by atoms with Crippen LogP contribution in [0.2, 0.25) is 0 Å². The summed E-state index contributed by atoms with van der Waals surface area (Å²) < 4.78 is 4.77. The second-order valence-electron chi connectivity index (χ2n) is 6.67. The van der Waals surface area contributed by atoms with Crippen LogP contribution in [-0.2, 0) is 14.9 Å². The van der Waals surface area contributed by atoms with Crippen LogP contribution >= 0.6 is 0 Å². The molecule has 2 N–H and O–H groups in total. The molecule has 0 saturated heterocycles. The van der Waals surface area contributed by atoms with Crippen molar-refractivity contribution in [2.24, 2.45) is 0 Å². The van der Waals surface area contributed by atoms with Gasteiger partial charge in [0.05, 0.1) is 19.2 Å². The van der Waals surface area contributed by atoms with Crippen molar-refractivity contribution in [3.63, 3.8) is 0 Å². The molecule has 3 rings (SSSR count). The first-order chi connectivity index (χ1) is 12.6. The number of hydrogen-bond donors (Lipinski definition) is 2. The number of nitrogens with one attached hydrogen (secondary N) is 2. The van der Waals surface area contributed by atoms with Gasteiger partial charge in [-0.25, -0.2) is 4.79 Å². The summed E-state index contributed by atoms with van der Waals surface area (Å²) in [6, 6.07) is 17.4. The molecule has 0 atom stereocenters. The molecule has 0 aromatic heterocycles. The molecule has 136 valence electrons. The molecule has 5 heteroatoms. The van der Waals surface area contributed by atoms with Gasteiger partial charge in [-0.1, -0.05) is 48.9 Å². The first-order valence-corrected chi connectivity index (χ1v) is 8.88. The highest BCUT2D eigenvalue weighted by molar-refractivity contribution is 5.96. The minimum atomic E-state index is -0.425. The summed E-state index contributed by atoms with van der Waals surface area (Å²) >= 11 is 0. The number of anilines is 1. The van der Waals surface area contributed by atoms with Gasteiger partial charge in [0.1, 0.15) is 0 Å².